The molecule has 1 aliphatic rings. The Balaban J connectivity index is 2.19. The molecule has 0 aliphatic carbocycles. The molecule has 1 N–H and O–H groups in total. The van der Waals surface area contributed by atoms with E-state index < -0.39 is 0 Å². The van der Waals surface area contributed by atoms with E-state index in [2.05, 4.69) is 31.0 Å². The lowest BCUT2D eigenvalue weighted by atomic mass is 10.3. The van der Waals surface area contributed by atoms with E-state index in [1.165, 1.54) is 13.0 Å². The number of ether oxygens (including phenoxy) is 1. The van der Waals surface area contributed by atoms with Crippen LogP contribution in [0, 0.1) is 0 Å². The van der Waals surface area contributed by atoms with Crippen LogP contribution in [0.1, 0.15) is 27.2 Å². The van der Waals surface area contributed by atoms with Gasteiger partial charge in [0.1, 0.15) is 0 Å². The molecule has 3 nitrogen and oxygen atoms in total. The molecule has 0 saturated carbocycles. The minimum absolute atomic E-state index is 0.357. The summed E-state index contributed by atoms with van der Waals surface area (Å²) in [6.07, 6.45) is 1.61. The number of hydrogen-bond acceptors (Lipinski definition) is 3. The van der Waals surface area contributed by atoms with Crippen LogP contribution in [0.5, 0.6) is 0 Å². The van der Waals surface area contributed by atoms with Gasteiger partial charge in [-0.05, 0) is 40.3 Å². The number of hydrogen-bond donors (Lipinski definition) is 1. The summed E-state index contributed by atoms with van der Waals surface area (Å²) < 4.78 is 5.57. The number of rotatable bonds is 4. The van der Waals surface area contributed by atoms with Crippen molar-refractivity contribution in [3.8, 4) is 0 Å². The molecule has 1 aliphatic heterocycles. The van der Waals surface area contributed by atoms with Crippen molar-refractivity contribution in [1.29, 1.82) is 0 Å². The average molecular weight is 200 g/mol. The first kappa shape index (κ1) is 12.0. The second-order valence-electron chi connectivity index (χ2n) is 4.36. The highest BCUT2D eigenvalue weighted by atomic mass is 16.5. The molecule has 3 heteroatoms. The zero-order valence-electron chi connectivity index (χ0n) is 9.75. The fourth-order valence-electron chi connectivity index (χ4n) is 1.81. The molecule has 0 aromatic carbocycles. The highest BCUT2D eigenvalue weighted by Gasteiger charge is 2.15. The summed E-state index contributed by atoms with van der Waals surface area (Å²) in [7, 11) is 0. The van der Waals surface area contributed by atoms with E-state index in [1.54, 1.807) is 0 Å². The first-order valence-electron chi connectivity index (χ1n) is 5.76. The van der Waals surface area contributed by atoms with E-state index in [4.69, 9.17) is 4.74 Å². The van der Waals surface area contributed by atoms with Crippen molar-refractivity contribution in [3.05, 3.63) is 0 Å². The van der Waals surface area contributed by atoms with Crippen molar-refractivity contribution in [2.24, 2.45) is 0 Å². The SMILES string of the molecule is CC(C)OCCN1CCCNCC1C. The summed E-state index contributed by atoms with van der Waals surface area (Å²) in [5.41, 5.74) is 0. The van der Waals surface area contributed by atoms with E-state index in [0.29, 0.717) is 12.1 Å². The molecule has 0 aromatic heterocycles. The van der Waals surface area contributed by atoms with Gasteiger partial charge in [0, 0.05) is 19.1 Å². The summed E-state index contributed by atoms with van der Waals surface area (Å²) in [4.78, 5) is 2.52. The normalized spacial score (nSPS) is 25.3. The molecule has 0 spiro atoms. The summed E-state index contributed by atoms with van der Waals surface area (Å²) in [6, 6.07) is 0.647. The lowest BCUT2D eigenvalue weighted by Gasteiger charge is -2.26. The second-order valence-corrected chi connectivity index (χ2v) is 4.36. The lowest BCUT2D eigenvalue weighted by molar-refractivity contribution is 0.0525. The lowest BCUT2D eigenvalue weighted by Crippen LogP contribution is -2.39. The minimum atomic E-state index is 0.357. The van der Waals surface area contributed by atoms with Crippen LogP contribution in [0.2, 0.25) is 0 Å². The predicted octanol–water partition coefficient (Wildman–Crippen LogP) is 1.10. The van der Waals surface area contributed by atoms with E-state index in [-0.39, 0.29) is 0 Å². The second kappa shape index (κ2) is 6.38. The molecule has 14 heavy (non-hydrogen) atoms. The summed E-state index contributed by atoms with van der Waals surface area (Å²) >= 11 is 0. The Kier molecular flexibility index (Phi) is 5.45. The molecule has 0 amide bonds. The van der Waals surface area contributed by atoms with Gasteiger partial charge in [-0.3, -0.25) is 4.90 Å². The zero-order chi connectivity index (χ0) is 10.4. The molecule has 1 fully saturated rings. The fourth-order valence-corrected chi connectivity index (χ4v) is 1.81. The molecule has 0 radical (unpaired) electrons. The van der Waals surface area contributed by atoms with Gasteiger partial charge in [0.05, 0.1) is 12.7 Å². The average Bonchev–Trinajstić information content (AvgIpc) is 2.31. The first-order valence-corrected chi connectivity index (χ1v) is 5.76. The maximum atomic E-state index is 5.57. The van der Waals surface area contributed by atoms with Crippen LogP contribution in [0.4, 0.5) is 0 Å². The van der Waals surface area contributed by atoms with Gasteiger partial charge in [0.15, 0.2) is 0 Å². The van der Waals surface area contributed by atoms with Gasteiger partial charge in [0.25, 0.3) is 0 Å². The molecular weight excluding hydrogens is 176 g/mol. The summed E-state index contributed by atoms with van der Waals surface area (Å²) in [5.74, 6) is 0. The predicted molar refractivity (Wildman–Crippen MR) is 59.6 cm³/mol. The molecule has 1 rings (SSSR count). The third kappa shape index (κ3) is 4.40. The molecule has 1 saturated heterocycles. The summed E-state index contributed by atoms with van der Waals surface area (Å²) in [5, 5.41) is 3.44. The molecule has 84 valence electrons. The molecule has 1 unspecified atom stereocenters. The van der Waals surface area contributed by atoms with Gasteiger partial charge < -0.3 is 10.1 Å². The van der Waals surface area contributed by atoms with Crippen molar-refractivity contribution in [3.63, 3.8) is 0 Å². The highest BCUT2D eigenvalue weighted by molar-refractivity contribution is 4.73. The molecule has 0 bridgehead atoms. The van der Waals surface area contributed by atoms with Gasteiger partial charge in [-0.15, -0.1) is 0 Å². The minimum Gasteiger partial charge on any atom is -0.377 e. The smallest absolute Gasteiger partial charge is 0.0597 e. The third-order valence-corrected chi connectivity index (χ3v) is 2.69. The Morgan fingerprint density at radius 3 is 3.00 bits per heavy atom. The van der Waals surface area contributed by atoms with Crippen LogP contribution in [0.3, 0.4) is 0 Å². The van der Waals surface area contributed by atoms with Crippen molar-refractivity contribution in [2.45, 2.75) is 39.3 Å². The summed E-state index contributed by atoms with van der Waals surface area (Å²) in [6.45, 7) is 11.9. The quantitative estimate of drug-likeness (QED) is 0.735. The van der Waals surface area contributed by atoms with E-state index >= 15 is 0 Å². The monoisotopic (exact) mass is 200 g/mol. The van der Waals surface area contributed by atoms with E-state index in [1.807, 2.05) is 0 Å². The van der Waals surface area contributed by atoms with Crippen LogP contribution in [0.25, 0.3) is 0 Å². The standard InChI is InChI=1S/C11H24N2O/c1-10(2)14-8-7-13-6-4-5-12-9-11(13)3/h10-12H,4-9H2,1-3H3. The van der Waals surface area contributed by atoms with Gasteiger partial charge in [-0.2, -0.15) is 0 Å². The largest absolute Gasteiger partial charge is 0.377 e. The van der Waals surface area contributed by atoms with Crippen LogP contribution in [-0.4, -0.2) is 49.8 Å². The maximum Gasteiger partial charge on any atom is 0.0597 e. The molecular formula is C11H24N2O. The fraction of sp³-hybridized carbons (Fsp3) is 1.00. The maximum absolute atomic E-state index is 5.57. The third-order valence-electron chi connectivity index (χ3n) is 2.69. The van der Waals surface area contributed by atoms with Crippen LogP contribution < -0.4 is 5.32 Å². The van der Waals surface area contributed by atoms with Crippen molar-refractivity contribution >= 4 is 0 Å². The Morgan fingerprint density at radius 1 is 1.50 bits per heavy atom. The molecule has 0 aromatic rings. The van der Waals surface area contributed by atoms with Crippen LogP contribution in [-0.2, 0) is 4.74 Å². The van der Waals surface area contributed by atoms with E-state index in [0.717, 1.165) is 26.2 Å². The van der Waals surface area contributed by atoms with E-state index in [9.17, 15) is 0 Å². The van der Waals surface area contributed by atoms with Crippen LogP contribution in [0.15, 0.2) is 0 Å². The highest BCUT2D eigenvalue weighted by Crippen LogP contribution is 2.03. The molecule has 1 heterocycles. The Bertz CT molecular complexity index is 150. The van der Waals surface area contributed by atoms with Gasteiger partial charge in [0.2, 0.25) is 0 Å². The Hall–Kier alpha value is -0.120. The topological polar surface area (TPSA) is 24.5 Å². The van der Waals surface area contributed by atoms with Gasteiger partial charge in [-0.25, -0.2) is 0 Å². The van der Waals surface area contributed by atoms with Crippen molar-refractivity contribution < 1.29 is 4.74 Å². The van der Waals surface area contributed by atoms with Crippen molar-refractivity contribution in [1.82, 2.24) is 10.2 Å². The Labute approximate surface area is 87.8 Å². The number of nitrogens with zero attached hydrogens (tertiary/aromatic N) is 1. The van der Waals surface area contributed by atoms with Crippen LogP contribution >= 0.6 is 0 Å². The first-order chi connectivity index (χ1) is 6.70. The Morgan fingerprint density at radius 2 is 2.29 bits per heavy atom. The number of nitrogens with one attached hydrogen (secondary N) is 1. The zero-order valence-corrected chi connectivity index (χ0v) is 9.75. The molecule has 1 atom stereocenters. The van der Waals surface area contributed by atoms with Crippen molar-refractivity contribution in [2.75, 3.05) is 32.8 Å². The van der Waals surface area contributed by atoms with Gasteiger partial charge >= 0.3 is 0 Å². The van der Waals surface area contributed by atoms with Gasteiger partial charge in [-0.1, -0.05) is 0 Å².